The number of ether oxygens (including phenoxy) is 1. The van der Waals surface area contributed by atoms with Gasteiger partial charge in [0.25, 0.3) is 15.9 Å². The molecule has 0 bridgehead atoms. The zero-order chi connectivity index (χ0) is 24.2. The molecule has 0 unspecified atom stereocenters. The average Bonchev–Trinajstić information content (AvgIpc) is 3.31. The van der Waals surface area contributed by atoms with Crippen LogP contribution in [0.25, 0.3) is 0 Å². The lowest BCUT2D eigenvalue weighted by molar-refractivity contribution is 0.0483. The summed E-state index contributed by atoms with van der Waals surface area (Å²) in [5.74, 6) is -1.00. The van der Waals surface area contributed by atoms with Crippen molar-refractivity contribution >= 4 is 27.6 Å². The van der Waals surface area contributed by atoms with E-state index in [1.54, 1.807) is 11.8 Å². The summed E-state index contributed by atoms with van der Waals surface area (Å²) in [6.07, 6.45) is 0. The van der Waals surface area contributed by atoms with Crippen LogP contribution in [0.15, 0.2) is 45.9 Å². The first kappa shape index (κ1) is 24.8. The second kappa shape index (κ2) is 10.4. The van der Waals surface area contributed by atoms with Crippen LogP contribution in [-0.2, 0) is 14.8 Å². The minimum Gasteiger partial charge on any atom is -0.460 e. The quantitative estimate of drug-likeness (QED) is 0.539. The number of benzene rings is 1. The molecule has 1 aliphatic heterocycles. The van der Waals surface area contributed by atoms with Gasteiger partial charge in [-0.25, -0.2) is 13.2 Å². The van der Waals surface area contributed by atoms with E-state index in [1.165, 1.54) is 16.4 Å². The number of hydrogen-bond acceptors (Lipinski definition) is 7. The molecule has 10 heteroatoms. The zero-order valence-corrected chi connectivity index (χ0v) is 20.3. The summed E-state index contributed by atoms with van der Waals surface area (Å²) < 4.78 is 37.1. The Balaban J connectivity index is 1.63. The molecular formula is C23H31N3O6S. The van der Waals surface area contributed by atoms with Crippen LogP contribution in [0.5, 0.6) is 0 Å². The minimum atomic E-state index is -3.91. The van der Waals surface area contributed by atoms with E-state index in [9.17, 15) is 18.0 Å². The molecule has 180 valence electrons. The molecule has 33 heavy (non-hydrogen) atoms. The summed E-state index contributed by atoms with van der Waals surface area (Å²) in [6, 6.07) is 10.4. The van der Waals surface area contributed by atoms with Crippen LogP contribution in [-0.4, -0.2) is 74.9 Å². The van der Waals surface area contributed by atoms with Gasteiger partial charge in [0.2, 0.25) is 10.9 Å². The van der Waals surface area contributed by atoms with Crippen LogP contribution in [0.3, 0.4) is 0 Å². The van der Waals surface area contributed by atoms with Crippen LogP contribution in [0.1, 0.15) is 48.6 Å². The number of carbonyl (C=O) groups excluding carboxylic acids is 2. The molecule has 3 rings (SSSR count). The number of piperazine rings is 1. The second-order valence-corrected chi connectivity index (χ2v) is 9.83. The van der Waals surface area contributed by atoms with E-state index >= 15 is 0 Å². The minimum absolute atomic E-state index is 0.131. The van der Waals surface area contributed by atoms with Crippen LogP contribution < -0.4 is 4.90 Å². The highest BCUT2D eigenvalue weighted by Gasteiger charge is 2.33. The van der Waals surface area contributed by atoms with E-state index in [0.717, 1.165) is 12.2 Å². The van der Waals surface area contributed by atoms with Gasteiger partial charge in [0.1, 0.15) is 0 Å². The van der Waals surface area contributed by atoms with Gasteiger partial charge in [-0.1, -0.05) is 0 Å². The summed E-state index contributed by atoms with van der Waals surface area (Å²) in [4.78, 5) is 28.6. The molecule has 1 aliphatic rings. The number of esters is 1. The lowest BCUT2D eigenvalue weighted by atomic mass is 10.1. The van der Waals surface area contributed by atoms with Gasteiger partial charge in [-0.2, -0.15) is 4.31 Å². The number of sulfonamides is 1. The molecule has 2 heterocycles. The summed E-state index contributed by atoms with van der Waals surface area (Å²) in [5, 5.41) is -0.313. The van der Waals surface area contributed by atoms with Gasteiger partial charge in [-0.15, -0.1) is 0 Å². The first-order valence-electron chi connectivity index (χ1n) is 11.1. The van der Waals surface area contributed by atoms with Crippen LogP contribution in [0, 0.1) is 0 Å². The summed E-state index contributed by atoms with van der Waals surface area (Å²) in [5.41, 5.74) is 1.63. The number of furan rings is 1. The highest BCUT2D eigenvalue weighted by molar-refractivity contribution is 7.89. The molecule has 0 N–H and O–H groups in total. The molecule has 9 nitrogen and oxygen atoms in total. The Labute approximate surface area is 194 Å². The van der Waals surface area contributed by atoms with E-state index in [1.807, 2.05) is 24.3 Å². The Hall–Kier alpha value is -2.85. The van der Waals surface area contributed by atoms with Crippen LogP contribution in [0.2, 0.25) is 0 Å². The van der Waals surface area contributed by atoms with Gasteiger partial charge in [-0.05, 0) is 64.1 Å². The van der Waals surface area contributed by atoms with Gasteiger partial charge < -0.3 is 19.0 Å². The van der Waals surface area contributed by atoms with Crippen molar-refractivity contribution in [2.24, 2.45) is 0 Å². The van der Waals surface area contributed by atoms with E-state index in [0.29, 0.717) is 11.6 Å². The summed E-state index contributed by atoms with van der Waals surface area (Å²) in [6.45, 7) is 9.82. The molecule has 1 aromatic heterocycles. The van der Waals surface area contributed by atoms with Gasteiger partial charge in [-0.3, -0.25) is 4.79 Å². The molecular weight excluding hydrogens is 446 g/mol. The third kappa shape index (κ3) is 5.39. The maximum atomic E-state index is 12.9. The summed E-state index contributed by atoms with van der Waals surface area (Å²) >= 11 is 0. The predicted molar refractivity (Wildman–Crippen MR) is 124 cm³/mol. The molecule has 1 amide bonds. The summed E-state index contributed by atoms with van der Waals surface area (Å²) in [7, 11) is -3.91. The number of rotatable bonds is 8. The van der Waals surface area contributed by atoms with Crippen molar-refractivity contribution in [2.75, 3.05) is 44.2 Å². The van der Waals surface area contributed by atoms with Gasteiger partial charge in [0.05, 0.1) is 6.61 Å². The fraction of sp³-hybridized carbons (Fsp3) is 0.478. The van der Waals surface area contributed by atoms with E-state index in [-0.39, 0.29) is 49.5 Å². The normalized spacial score (nSPS) is 15.0. The fourth-order valence-electron chi connectivity index (χ4n) is 3.85. The van der Waals surface area contributed by atoms with Gasteiger partial charge in [0.15, 0.2) is 0 Å². The van der Waals surface area contributed by atoms with Gasteiger partial charge in [0, 0.05) is 50.0 Å². The Bertz CT molecular complexity index is 1070. The highest BCUT2D eigenvalue weighted by Crippen LogP contribution is 2.22. The zero-order valence-electron chi connectivity index (χ0n) is 19.5. The molecule has 1 saturated heterocycles. The molecule has 0 saturated carbocycles. The van der Waals surface area contributed by atoms with Crippen molar-refractivity contribution in [3.63, 3.8) is 0 Å². The van der Waals surface area contributed by atoms with E-state index in [4.69, 9.17) is 9.15 Å². The first-order valence-corrected chi connectivity index (χ1v) is 12.6. The number of nitrogens with zero attached hydrogens (tertiary/aromatic N) is 3. The van der Waals surface area contributed by atoms with E-state index < -0.39 is 16.0 Å². The van der Waals surface area contributed by atoms with Crippen molar-refractivity contribution in [3.8, 4) is 0 Å². The molecule has 1 aromatic carbocycles. The number of amides is 1. The predicted octanol–water partition coefficient (Wildman–Crippen LogP) is 2.84. The maximum Gasteiger partial charge on any atom is 0.374 e. The first-order chi connectivity index (χ1) is 15.7. The highest BCUT2D eigenvalue weighted by atomic mass is 32.2. The number of carbonyl (C=O) groups is 2. The van der Waals surface area contributed by atoms with E-state index in [2.05, 4.69) is 25.7 Å². The lowest BCUT2D eigenvalue weighted by Crippen LogP contribution is -2.50. The largest absolute Gasteiger partial charge is 0.460 e. The lowest BCUT2D eigenvalue weighted by Gasteiger charge is -2.33. The third-order valence-corrected chi connectivity index (χ3v) is 7.36. The Morgan fingerprint density at radius 3 is 2.21 bits per heavy atom. The third-order valence-electron chi connectivity index (χ3n) is 5.59. The monoisotopic (exact) mass is 477 g/mol. The fourth-order valence-corrected chi connectivity index (χ4v) is 5.19. The standard InChI is InChI=1S/C23H31N3O6S/c1-5-26(17(3)4)19-9-7-18(8-10-19)22(27)24-13-15-25(16-14-24)33(29,30)21-12-11-20(32-21)23(28)31-6-2/h7-12,17H,5-6,13-16H2,1-4H3. The second-order valence-electron chi connectivity index (χ2n) is 7.96. The molecule has 2 aromatic rings. The average molecular weight is 478 g/mol. The molecule has 0 atom stereocenters. The van der Waals surface area contributed by atoms with Crippen molar-refractivity contribution in [1.82, 2.24) is 9.21 Å². The smallest absolute Gasteiger partial charge is 0.374 e. The molecule has 0 radical (unpaired) electrons. The number of hydrogen-bond donors (Lipinski definition) is 0. The Morgan fingerprint density at radius 1 is 1.03 bits per heavy atom. The maximum absolute atomic E-state index is 12.9. The van der Waals surface area contributed by atoms with Crippen LogP contribution >= 0.6 is 0 Å². The molecule has 0 spiro atoms. The SMILES string of the molecule is CCOC(=O)c1ccc(S(=O)(=O)N2CCN(C(=O)c3ccc(N(CC)C(C)C)cc3)CC2)o1. The van der Waals surface area contributed by atoms with Crippen LogP contribution in [0.4, 0.5) is 5.69 Å². The Kier molecular flexibility index (Phi) is 7.80. The Morgan fingerprint density at radius 2 is 1.67 bits per heavy atom. The molecule has 1 fully saturated rings. The number of anilines is 1. The topological polar surface area (TPSA) is 100 Å². The van der Waals surface area contributed by atoms with Gasteiger partial charge >= 0.3 is 5.97 Å². The molecule has 0 aliphatic carbocycles. The van der Waals surface area contributed by atoms with Crippen molar-refractivity contribution in [1.29, 1.82) is 0 Å². The van der Waals surface area contributed by atoms with Crippen molar-refractivity contribution < 1.29 is 27.2 Å². The van der Waals surface area contributed by atoms with Crippen molar-refractivity contribution in [2.45, 2.75) is 38.8 Å². The van der Waals surface area contributed by atoms with Crippen molar-refractivity contribution in [3.05, 3.63) is 47.7 Å².